The quantitative estimate of drug-likeness (QED) is 0.690. The Bertz CT molecular complexity index is 1020. The van der Waals surface area contributed by atoms with E-state index in [-0.39, 0.29) is 17.3 Å². The number of carbonyl (C=O) groups excluding carboxylic acids is 1. The minimum Gasteiger partial charge on any atom is -0.497 e. The molecule has 0 atom stereocenters. The number of aromatic nitrogens is 1. The third kappa shape index (κ3) is 3.92. The van der Waals surface area contributed by atoms with Crippen LogP contribution in [0.15, 0.2) is 53.6 Å². The number of halogens is 1. The molecule has 0 saturated carbocycles. The van der Waals surface area contributed by atoms with Gasteiger partial charge in [0.1, 0.15) is 22.7 Å². The number of nitriles is 1. The number of fused-ring (bicyclic) bond motifs is 1. The van der Waals surface area contributed by atoms with E-state index >= 15 is 0 Å². The number of pyridine rings is 1. The molecule has 0 radical (unpaired) electrons. The molecule has 0 saturated heterocycles. The lowest BCUT2D eigenvalue weighted by molar-refractivity contribution is -0.113. The van der Waals surface area contributed by atoms with E-state index in [9.17, 15) is 14.4 Å². The number of methoxy groups -OCH3 is 1. The molecule has 0 aliphatic rings. The number of ether oxygens (including phenoxy) is 1. The van der Waals surface area contributed by atoms with Crippen molar-refractivity contribution in [3.05, 3.63) is 59.9 Å². The number of amides is 1. The first-order valence-electron chi connectivity index (χ1n) is 7.67. The second-order valence-electron chi connectivity index (χ2n) is 5.33. The molecule has 1 aromatic heterocycles. The van der Waals surface area contributed by atoms with Gasteiger partial charge in [-0.25, -0.2) is 9.37 Å². The standard InChI is InChI=1S/C19H14FN3O2S/c1-25-14-7-6-12-8-13(10-21)19(23-17(12)9-14)26-11-18(24)22-16-5-3-2-4-15(16)20/h2-9H,11H2,1H3,(H,22,24). The van der Waals surface area contributed by atoms with Crippen molar-refractivity contribution in [3.63, 3.8) is 0 Å². The Balaban J connectivity index is 1.78. The van der Waals surface area contributed by atoms with E-state index in [1.54, 1.807) is 37.4 Å². The summed E-state index contributed by atoms with van der Waals surface area (Å²) in [5.41, 5.74) is 1.17. The number of para-hydroxylation sites is 1. The zero-order valence-electron chi connectivity index (χ0n) is 13.8. The Kier molecular flexibility index (Phi) is 5.34. The van der Waals surface area contributed by atoms with Gasteiger partial charge in [-0.1, -0.05) is 23.9 Å². The number of hydrogen-bond donors (Lipinski definition) is 1. The van der Waals surface area contributed by atoms with Gasteiger partial charge in [0, 0.05) is 11.5 Å². The summed E-state index contributed by atoms with van der Waals surface area (Å²) in [5, 5.41) is 13.1. The highest BCUT2D eigenvalue weighted by molar-refractivity contribution is 8.00. The maximum Gasteiger partial charge on any atom is 0.234 e. The zero-order chi connectivity index (χ0) is 18.5. The van der Waals surface area contributed by atoms with Crippen LogP contribution in [-0.2, 0) is 4.79 Å². The van der Waals surface area contributed by atoms with Crippen molar-refractivity contribution in [2.75, 3.05) is 18.2 Å². The van der Waals surface area contributed by atoms with Gasteiger partial charge in [-0.05, 0) is 30.3 Å². The predicted molar refractivity (Wildman–Crippen MR) is 98.8 cm³/mol. The number of nitrogens with one attached hydrogen (secondary N) is 1. The van der Waals surface area contributed by atoms with Gasteiger partial charge in [0.15, 0.2) is 0 Å². The Morgan fingerprint density at radius 2 is 2.12 bits per heavy atom. The van der Waals surface area contributed by atoms with Crippen LogP contribution in [0.5, 0.6) is 5.75 Å². The molecular weight excluding hydrogens is 353 g/mol. The smallest absolute Gasteiger partial charge is 0.234 e. The molecule has 3 rings (SSSR count). The fraction of sp³-hybridized carbons (Fsp3) is 0.105. The summed E-state index contributed by atoms with van der Waals surface area (Å²) < 4.78 is 18.8. The molecule has 1 heterocycles. The SMILES string of the molecule is COc1ccc2cc(C#N)c(SCC(=O)Nc3ccccc3F)nc2c1. The number of carbonyl (C=O) groups is 1. The van der Waals surface area contributed by atoms with E-state index in [4.69, 9.17) is 4.74 Å². The summed E-state index contributed by atoms with van der Waals surface area (Å²) in [6, 6.07) is 15.1. The first kappa shape index (κ1) is 17.7. The monoisotopic (exact) mass is 367 g/mol. The van der Waals surface area contributed by atoms with Crippen LogP contribution in [0.2, 0.25) is 0 Å². The molecule has 1 N–H and O–H groups in total. The fourth-order valence-corrected chi connectivity index (χ4v) is 3.09. The van der Waals surface area contributed by atoms with Crippen LogP contribution in [0.25, 0.3) is 10.9 Å². The third-order valence-corrected chi connectivity index (χ3v) is 4.59. The lowest BCUT2D eigenvalue weighted by Crippen LogP contribution is -2.15. The van der Waals surface area contributed by atoms with Gasteiger partial charge in [0.25, 0.3) is 0 Å². The number of rotatable bonds is 5. The highest BCUT2D eigenvalue weighted by atomic mass is 32.2. The summed E-state index contributed by atoms with van der Waals surface area (Å²) in [7, 11) is 1.56. The second kappa shape index (κ2) is 7.85. The van der Waals surface area contributed by atoms with E-state index in [1.165, 1.54) is 12.1 Å². The molecule has 0 aliphatic heterocycles. The summed E-state index contributed by atoms with van der Waals surface area (Å²) in [6.07, 6.45) is 0. The van der Waals surface area contributed by atoms with Crippen molar-refractivity contribution >= 4 is 34.3 Å². The molecule has 130 valence electrons. The molecule has 26 heavy (non-hydrogen) atoms. The molecule has 0 unspecified atom stereocenters. The molecule has 7 heteroatoms. The van der Waals surface area contributed by atoms with Crippen LogP contribution < -0.4 is 10.1 Å². The van der Waals surface area contributed by atoms with Crippen molar-refractivity contribution < 1.29 is 13.9 Å². The molecule has 0 fully saturated rings. The van der Waals surface area contributed by atoms with E-state index in [2.05, 4.69) is 16.4 Å². The van der Waals surface area contributed by atoms with Gasteiger partial charge in [0.05, 0.1) is 29.6 Å². The molecular formula is C19H14FN3O2S. The average Bonchev–Trinajstić information content (AvgIpc) is 2.66. The number of hydrogen-bond acceptors (Lipinski definition) is 5. The van der Waals surface area contributed by atoms with Gasteiger partial charge < -0.3 is 10.1 Å². The van der Waals surface area contributed by atoms with Crippen molar-refractivity contribution in [1.82, 2.24) is 4.98 Å². The normalized spacial score (nSPS) is 10.3. The first-order valence-corrected chi connectivity index (χ1v) is 8.65. The number of thioether (sulfide) groups is 1. The lowest BCUT2D eigenvalue weighted by atomic mass is 10.1. The third-order valence-electron chi connectivity index (χ3n) is 3.60. The number of anilines is 1. The van der Waals surface area contributed by atoms with Gasteiger partial charge >= 0.3 is 0 Å². The summed E-state index contributed by atoms with van der Waals surface area (Å²) in [5.74, 6) is -0.218. The van der Waals surface area contributed by atoms with E-state index in [0.29, 0.717) is 21.9 Å². The Labute approximate surface area is 153 Å². The second-order valence-corrected chi connectivity index (χ2v) is 6.29. The van der Waals surface area contributed by atoms with Crippen LogP contribution >= 0.6 is 11.8 Å². The topological polar surface area (TPSA) is 75.0 Å². The van der Waals surface area contributed by atoms with Crippen LogP contribution in [0, 0.1) is 17.1 Å². The number of nitrogens with zero attached hydrogens (tertiary/aromatic N) is 2. The molecule has 1 amide bonds. The van der Waals surface area contributed by atoms with Gasteiger partial charge in [-0.15, -0.1) is 0 Å². The fourth-order valence-electron chi connectivity index (χ4n) is 2.33. The maximum atomic E-state index is 13.6. The largest absolute Gasteiger partial charge is 0.497 e. The summed E-state index contributed by atoms with van der Waals surface area (Å²) in [4.78, 5) is 16.5. The average molecular weight is 367 g/mol. The van der Waals surface area contributed by atoms with Gasteiger partial charge in [0.2, 0.25) is 5.91 Å². The van der Waals surface area contributed by atoms with E-state index in [0.717, 1.165) is 17.1 Å². The predicted octanol–water partition coefficient (Wildman–Crippen LogP) is 3.98. The summed E-state index contributed by atoms with van der Waals surface area (Å²) >= 11 is 1.12. The minimum atomic E-state index is -0.500. The van der Waals surface area contributed by atoms with Gasteiger partial charge in [-0.3, -0.25) is 4.79 Å². The molecule has 3 aromatic rings. The van der Waals surface area contributed by atoms with Crippen LogP contribution in [0.3, 0.4) is 0 Å². The van der Waals surface area contributed by atoms with E-state index in [1.807, 2.05) is 6.07 Å². The van der Waals surface area contributed by atoms with Crippen molar-refractivity contribution in [3.8, 4) is 11.8 Å². The van der Waals surface area contributed by atoms with Crippen molar-refractivity contribution in [2.45, 2.75) is 5.03 Å². The molecule has 2 aromatic carbocycles. The zero-order valence-corrected chi connectivity index (χ0v) is 14.6. The summed E-state index contributed by atoms with van der Waals surface area (Å²) in [6.45, 7) is 0. The molecule has 0 aliphatic carbocycles. The number of benzene rings is 2. The van der Waals surface area contributed by atoms with Crippen molar-refractivity contribution in [1.29, 1.82) is 5.26 Å². The van der Waals surface area contributed by atoms with Crippen LogP contribution in [0.4, 0.5) is 10.1 Å². The van der Waals surface area contributed by atoms with Crippen molar-refractivity contribution in [2.24, 2.45) is 0 Å². The van der Waals surface area contributed by atoms with Crippen LogP contribution in [0.1, 0.15) is 5.56 Å². The lowest BCUT2D eigenvalue weighted by Gasteiger charge is -2.08. The Morgan fingerprint density at radius 1 is 1.31 bits per heavy atom. The van der Waals surface area contributed by atoms with E-state index < -0.39 is 5.82 Å². The first-order chi connectivity index (χ1) is 12.6. The molecule has 0 bridgehead atoms. The minimum absolute atomic E-state index is 0.00545. The molecule has 5 nitrogen and oxygen atoms in total. The highest BCUT2D eigenvalue weighted by Gasteiger charge is 2.12. The molecule has 0 spiro atoms. The van der Waals surface area contributed by atoms with Gasteiger partial charge in [-0.2, -0.15) is 5.26 Å². The highest BCUT2D eigenvalue weighted by Crippen LogP contribution is 2.27. The Morgan fingerprint density at radius 3 is 2.85 bits per heavy atom. The maximum absolute atomic E-state index is 13.6. The Hall–Kier alpha value is -3.11. The van der Waals surface area contributed by atoms with Crippen LogP contribution in [-0.4, -0.2) is 23.8 Å².